The van der Waals surface area contributed by atoms with E-state index < -0.39 is 0 Å². The molecule has 0 fully saturated rings. The summed E-state index contributed by atoms with van der Waals surface area (Å²) in [6, 6.07) is 9.65. The number of nitrogens with zero attached hydrogens (tertiary/aromatic N) is 3. The molecule has 126 valence electrons. The van der Waals surface area contributed by atoms with E-state index >= 15 is 0 Å². The summed E-state index contributed by atoms with van der Waals surface area (Å²) in [5.74, 6) is 0.236. The third-order valence-corrected chi connectivity index (χ3v) is 3.94. The minimum atomic E-state index is -0.229. The molecule has 6 heteroatoms. The van der Waals surface area contributed by atoms with Gasteiger partial charge >= 0.3 is 0 Å². The van der Waals surface area contributed by atoms with Crippen LogP contribution in [0.2, 0.25) is 0 Å². The van der Waals surface area contributed by atoms with Gasteiger partial charge in [0.2, 0.25) is 5.95 Å². The molecule has 2 aromatic heterocycles. The molecule has 1 amide bonds. The van der Waals surface area contributed by atoms with Crippen molar-refractivity contribution in [2.45, 2.75) is 20.4 Å². The molecule has 25 heavy (non-hydrogen) atoms. The van der Waals surface area contributed by atoms with E-state index in [1.165, 1.54) is 12.4 Å². The number of benzene rings is 1. The van der Waals surface area contributed by atoms with Gasteiger partial charge in [0.05, 0.1) is 5.56 Å². The maximum Gasteiger partial charge on any atom is 0.258 e. The predicted octanol–water partition coefficient (Wildman–Crippen LogP) is 3.35. The highest BCUT2D eigenvalue weighted by Crippen LogP contribution is 2.18. The molecule has 0 aliphatic heterocycles. The van der Waals surface area contributed by atoms with Gasteiger partial charge < -0.3 is 10.6 Å². The van der Waals surface area contributed by atoms with Crippen molar-refractivity contribution in [3.05, 3.63) is 77.4 Å². The van der Waals surface area contributed by atoms with Crippen molar-refractivity contribution in [2.75, 3.05) is 10.6 Å². The Balaban J connectivity index is 1.63. The fraction of sp³-hybridized carbons (Fsp3) is 0.158. The molecule has 0 unspecified atom stereocenters. The number of anilines is 2. The quantitative estimate of drug-likeness (QED) is 0.748. The first-order valence-corrected chi connectivity index (χ1v) is 7.96. The molecule has 6 nitrogen and oxygen atoms in total. The molecule has 3 aromatic rings. The van der Waals surface area contributed by atoms with Gasteiger partial charge in [0.1, 0.15) is 0 Å². The van der Waals surface area contributed by atoms with E-state index in [1.54, 1.807) is 12.4 Å². The zero-order valence-corrected chi connectivity index (χ0v) is 14.2. The highest BCUT2D eigenvalue weighted by molar-refractivity contribution is 6.04. The van der Waals surface area contributed by atoms with Crippen LogP contribution >= 0.6 is 0 Å². The largest absolute Gasteiger partial charge is 0.350 e. The fourth-order valence-electron chi connectivity index (χ4n) is 2.30. The van der Waals surface area contributed by atoms with E-state index in [-0.39, 0.29) is 5.91 Å². The first-order chi connectivity index (χ1) is 12.1. The van der Waals surface area contributed by atoms with Gasteiger partial charge in [-0.15, -0.1) is 0 Å². The highest BCUT2D eigenvalue weighted by Gasteiger charge is 2.10. The molecule has 2 heterocycles. The lowest BCUT2D eigenvalue weighted by molar-refractivity contribution is 0.102. The van der Waals surface area contributed by atoms with Crippen LogP contribution in [0, 0.1) is 13.8 Å². The van der Waals surface area contributed by atoms with Crippen molar-refractivity contribution >= 4 is 17.5 Å². The van der Waals surface area contributed by atoms with Crippen molar-refractivity contribution in [1.29, 1.82) is 0 Å². The lowest BCUT2D eigenvalue weighted by atomic mass is 10.1. The molecule has 3 rings (SSSR count). The average molecular weight is 333 g/mol. The van der Waals surface area contributed by atoms with E-state index in [0.29, 0.717) is 18.1 Å². The Hall–Kier alpha value is -3.28. The van der Waals surface area contributed by atoms with Crippen LogP contribution in [0.15, 0.2) is 55.1 Å². The minimum Gasteiger partial charge on any atom is -0.350 e. The summed E-state index contributed by atoms with van der Waals surface area (Å²) in [5.41, 5.74) is 4.41. The third kappa shape index (κ3) is 4.17. The molecule has 0 aliphatic rings. The van der Waals surface area contributed by atoms with Crippen LogP contribution in [0.5, 0.6) is 0 Å². The van der Waals surface area contributed by atoms with Gasteiger partial charge in [0, 0.05) is 37.0 Å². The summed E-state index contributed by atoms with van der Waals surface area (Å²) in [6.07, 6.45) is 6.53. The first kappa shape index (κ1) is 16.6. The van der Waals surface area contributed by atoms with Gasteiger partial charge in [-0.2, -0.15) is 0 Å². The van der Waals surface area contributed by atoms with Gasteiger partial charge in [-0.05, 0) is 42.7 Å². The molecular formula is C19H19N5O. The second-order valence-electron chi connectivity index (χ2n) is 5.71. The smallest absolute Gasteiger partial charge is 0.258 e. The lowest BCUT2D eigenvalue weighted by Crippen LogP contribution is -2.14. The number of hydrogen-bond acceptors (Lipinski definition) is 5. The van der Waals surface area contributed by atoms with E-state index in [2.05, 4.69) is 25.6 Å². The number of carbonyl (C=O) groups is 1. The predicted molar refractivity (Wildman–Crippen MR) is 97.5 cm³/mol. The summed E-state index contributed by atoms with van der Waals surface area (Å²) >= 11 is 0. The van der Waals surface area contributed by atoms with Crippen LogP contribution < -0.4 is 10.6 Å². The molecule has 1 aromatic carbocycles. The topological polar surface area (TPSA) is 79.8 Å². The molecular weight excluding hydrogens is 314 g/mol. The van der Waals surface area contributed by atoms with Crippen LogP contribution in [-0.2, 0) is 6.54 Å². The monoisotopic (exact) mass is 333 g/mol. The Morgan fingerprint density at radius 3 is 2.56 bits per heavy atom. The second kappa shape index (κ2) is 7.53. The number of nitrogens with one attached hydrogen (secondary N) is 2. The van der Waals surface area contributed by atoms with Gasteiger partial charge in [0.15, 0.2) is 0 Å². The summed E-state index contributed by atoms with van der Waals surface area (Å²) < 4.78 is 0. The van der Waals surface area contributed by atoms with Gasteiger partial charge in [-0.25, -0.2) is 9.97 Å². The van der Waals surface area contributed by atoms with Crippen LogP contribution in [0.25, 0.3) is 0 Å². The first-order valence-electron chi connectivity index (χ1n) is 7.96. The maximum absolute atomic E-state index is 12.3. The number of amides is 1. The minimum absolute atomic E-state index is 0.229. The maximum atomic E-state index is 12.3. The van der Waals surface area contributed by atoms with E-state index in [4.69, 9.17) is 0 Å². The molecule has 0 saturated heterocycles. The normalized spacial score (nSPS) is 10.3. The number of hydrogen-bond donors (Lipinski definition) is 2. The molecule has 0 aliphatic carbocycles. The number of aryl methyl sites for hydroxylation is 1. The zero-order chi connectivity index (χ0) is 17.6. The SMILES string of the molecule is Cc1cccc(NC(=O)c2cnc(NCc3cccnc3)nc2)c1C. The summed E-state index contributed by atoms with van der Waals surface area (Å²) in [5, 5.41) is 6.00. The Morgan fingerprint density at radius 1 is 1.04 bits per heavy atom. The molecule has 0 spiro atoms. The van der Waals surface area contributed by atoms with Gasteiger partial charge in [0.25, 0.3) is 5.91 Å². The molecule has 2 N–H and O–H groups in total. The zero-order valence-electron chi connectivity index (χ0n) is 14.2. The van der Waals surface area contributed by atoms with Crippen molar-refractivity contribution in [2.24, 2.45) is 0 Å². The van der Waals surface area contributed by atoms with Crippen LogP contribution in [-0.4, -0.2) is 20.9 Å². The Morgan fingerprint density at radius 2 is 1.84 bits per heavy atom. The average Bonchev–Trinajstić information content (AvgIpc) is 2.65. The Kier molecular flexibility index (Phi) is 4.99. The Labute approximate surface area is 146 Å². The fourth-order valence-corrected chi connectivity index (χ4v) is 2.30. The van der Waals surface area contributed by atoms with Crippen molar-refractivity contribution in [1.82, 2.24) is 15.0 Å². The highest BCUT2D eigenvalue weighted by atomic mass is 16.1. The van der Waals surface area contributed by atoms with Crippen LogP contribution in [0.3, 0.4) is 0 Å². The number of rotatable bonds is 5. The number of aromatic nitrogens is 3. The summed E-state index contributed by atoms with van der Waals surface area (Å²) in [6.45, 7) is 4.56. The summed E-state index contributed by atoms with van der Waals surface area (Å²) in [4.78, 5) is 24.8. The van der Waals surface area contributed by atoms with Gasteiger partial charge in [-0.3, -0.25) is 9.78 Å². The molecule has 0 radical (unpaired) electrons. The standard InChI is InChI=1S/C19H19N5O/c1-13-5-3-7-17(14(13)2)24-18(25)16-11-22-19(23-12-16)21-10-15-6-4-8-20-9-15/h3-9,11-12H,10H2,1-2H3,(H,24,25)(H,21,22,23). The van der Waals surface area contributed by atoms with E-state index in [0.717, 1.165) is 22.4 Å². The lowest BCUT2D eigenvalue weighted by Gasteiger charge is -2.10. The number of carbonyl (C=O) groups excluding carboxylic acids is 1. The third-order valence-electron chi connectivity index (χ3n) is 3.94. The van der Waals surface area contributed by atoms with Crippen molar-refractivity contribution in [3.63, 3.8) is 0 Å². The van der Waals surface area contributed by atoms with Gasteiger partial charge in [-0.1, -0.05) is 18.2 Å². The van der Waals surface area contributed by atoms with Crippen molar-refractivity contribution in [3.8, 4) is 0 Å². The molecule has 0 saturated carbocycles. The summed E-state index contributed by atoms with van der Waals surface area (Å²) in [7, 11) is 0. The van der Waals surface area contributed by atoms with Crippen LogP contribution in [0.1, 0.15) is 27.0 Å². The Bertz CT molecular complexity index is 863. The van der Waals surface area contributed by atoms with Crippen molar-refractivity contribution < 1.29 is 4.79 Å². The molecule has 0 atom stereocenters. The molecule has 0 bridgehead atoms. The van der Waals surface area contributed by atoms with E-state index in [1.807, 2.05) is 44.2 Å². The van der Waals surface area contributed by atoms with Crippen LogP contribution in [0.4, 0.5) is 11.6 Å². The van der Waals surface area contributed by atoms with E-state index in [9.17, 15) is 4.79 Å². The number of pyridine rings is 1. The second-order valence-corrected chi connectivity index (χ2v) is 5.71.